The number of nitrogens with zero attached hydrogens (tertiary/aromatic N) is 2. The maximum Gasteiger partial charge on any atom is 0.106 e. The molecule has 3 aromatic rings. The van der Waals surface area contributed by atoms with Gasteiger partial charge in [0.05, 0.1) is 11.4 Å². The third kappa shape index (κ3) is 4.88. The lowest BCUT2D eigenvalue weighted by Gasteiger charge is -2.13. The fourth-order valence-corrected chi connectivity index (χ4v) is 3.67. The number of imidazole rings is 1. The van der Waals surface area contributed by atoms with Crippen molar-refractivity contribution in [2.24, 2.45) is 5.92 Å². The van der Waals surface area contributed by atoms with Crippen LogP contribution in [0, 0.1) is 12.8 Å². The van der Waals surface area contributed by atoms with Gasteiger partial charge in [-0.1, -0.05) is 100 Å². The number of hydrogen-bond donors (Lipinski definition) is 0. The quantitative estimate of drug-likeness (QED) is 0.371. The SMILES string of the molecule is CCC(C)CCCCCn1c(C)nc(-c2ccccc2)c1-c1ccccc1. The van der Waals surface area contributed by atoms with Crippen LogP contribution in [-0.4, -0.2) is 9.55 Å². The number of hydrogen-bond acceptors (Lipinski definition) is 1. The minimum atomic E-state index is 0.851. The summed E-state index contributed by atoms with van der Waals surface area (Å²) in [6.07, 6.45) is 6.47. The molecule has 2 nitrogen and oxygen atoms in total. The van der Waals surface area contributed by atoms with Gasteiger partial charge in [0, 0.05) is 17.7 Å². The first-order valence-corrected chi connectivity index (χ1v) is 10.4. The maximum absolute atomic E-state index is 4.96. The molecular formula is C25H32N2. The molecule has 0 aliphatic carbocycles. The summed E-state index contributed by atoms with van der Waals surface area (Å²) in [4.78, 5) is 4.96. The molecule has 0 saturated heterocycles. The second-order valence-electron chi connectivity index (χ2n) is 7.60. The zero-order chi connectivity index (χ0) is 19.1. The zero-order valence-electron chi connectivity index (χ0n) is 17.0. The molecule has 1 heterocycles. The van der Waals surface area contributed by atoms with Crippen molar-refractivity contribution in [3.05, 3.63) is 66.5 Å². The van der Waals surface area contributed by atoms with Crippen LogP contribution < -0.4 is 0 Å². The predicted molar refractivity (Wildman–Crippen MR) is 116 cm³/mol. The lowest BCUT2D eigenvalue weighted by atomic mass is 10.0. The van der Waals surface area contributed by atoms with Crippen molar-refractivity contribution in [3.8, 4) is 22.5 Å². The molecule has 1 aromatic heterocycles. The molecule has 3 rings (SSSR count). The highest BCUT2D eigenvalue weighted by Gasteiger charge is 2.17. The summed E-state index contributed by atoms with van der Waals surface area (Å²) in [5.41, 5.74) is 4.78. The summed E-state index contributed by atoms with van der Waals surface area (Å²) in [6.45, 7) is 7.82. The Morgan fingerprint density at radius 2 is 1.48 bits per heavy atom. The zero-order valence-corrected chi connectivity index (χ0v) is 17.0. The predicted octanol–water partition coefficient (Wildman–Crippen LogP) is 7.13. The number of aromatic nitrogens is 2. The van der Waals surface area contributed by atoms with E-state index in [0.717, 1.165) is 24.0 Å². The number of aryl methyl sites for hydroxylation is 1. The topological polar surface area (TPSA) is 17.8 Å². The van der Waals surface area contributed by atoms with E-state index in [0.29, 0.717) is 0 Å². The summed E-state index contributed by atoms with van der Waals surface area (Å²) >= 11 is 0. The van der Waals surface area contributed by atoms with Gasteiger partial charge in [0.15, 0.2) is 0 Å². The molecular weight excluding hydrogens is 328 g/mol. The molecule has 1 unspecified atom stereocenters. The van der Waals surface area contributed by atoms with E-state index in [4.69, 9.17) is 4.98 Å². The van der Waals surface area contributed by atoms with Gasteiger partial charge in [-0.25, -0.2) is 4.98 Å². The van der Waals surface area contributed by atoms with E-state index in [2.05, 4.69) is 86.0 Å². The number of unbranched alkanes of at least 4 members (excludes halogenated alkanes) is 2. The first-order valence-electron chi connectivity index (χ1n) is 10.4. The molecule has 142 valence electrons. The van der Waals surface area contributed by atoms with Gasteiger partial charge in [-0.05, 0) is 19.3 Å². The van der Waals surface area contributed by atoms with E-state index < -0.39 is 0 Å². The highest BCUT2D eigenvalue weighted by molar-refractivity contribution is 5.79. The van der Waals surface area contributed by atoms with Crippen molar-refractivity contribution in [1.29, 1.82) is 0 Å². The van der Waals surface area contributed by atoms with Crippen LogP contribution in [-0.2, 0) is 6.54 Å². The van der Waals surface area contributed by atoms with E-state index in [1.165, 1.54) is 48.9 Å². The van der Waals surface area contributed by atoms with Crippen LogP contribution in [0.4, 0.5) is 0 Å². The van der Waals surface area contributed by atoms with Crippen LogP contribution in [0.5, 0.6) is 0 Å². The Kier molecular flexibility index (Phi) is 6.86. The van der Waals surface area contributed by atoms with Crippen LogP contribution >= 0.6 is 0 Å². The molecule has 0 N–H and O–H groups in total. The third-order valence-corrected chi connectivity index (χ3v) is 5.53. The number of benzene rings is 2. The Balaban J connectivity index is 1.84. The highest BCUT2D eigenvalue weighted by atomic mass is 15.1. The van der Waals surface area contributed by atoms with E-state index >= 15 is 0 Å². The van der Waals surface area contributed by atoms with Gasteiger partial charge in [0.25, 0.3) is 0 Å². The van der Waals surface area contributed by atoms with E-state index in [1.54, 1.807) is 0 Å². The molecule has 27 heavy (non-hydrogen) atoms. The minimum Gasteiger partial charge on any atom is -0.328 e. The van der Waals surface area contributed by atoms with Crippen molar-refractivity contribution >= 4 is 0 Å². The van der Waals surface area contributed by atoms with Gasteiger partial charge in [-0.2, -0.15) is 0 Å². The van der Waals surface area contributed by atoms with Crippen LogP contribution in [0.3, 0.4) is 0 Å². The van der Waals surface area contributed by atoms with Gasteiger partial charge < -0.3 is 4.57 Å². The molecule has 0 saturated carbocycles. The fraction of sp³-hybridized carbons (Fsp3) is 0.400. The highest BCUT2D eigenvalue weighted by Crippen LogP contribution is 2.33. The average molecular weight is 361 g/mol. The van der Waals surface area contributed by atoms with Gasteiger partial charge in [-0.15, -0.1) is 0 Å². The molecule has 0 radical (unpaired) electrons. The molecule has 0 amide bonds. The second kappa shape index (κ2) is 9.55. The monoisotopic (exact) mass is 360 g/mol. The lowest BCUT2D eigenvalue weighted by Crippen LogP contribution is -2.03. The van der Waals surface area contributed by atoms with Gasteiger partial charge in [-0.3, -0.25) is 0 Å². The molecule has 2 heteroatoms. The molecule has 0 spiro atoms. The summed E-state index contributed by atoms with van der Waals surface area (Å²) in [5, 5.41) is 0. The minimum absolute atomic E-state index is 0.851. The molecule has 2 aromatic carbocycles. The molecule has 0 aliphatic rings. The Hall–Kier alpha value is -2.35. The van der Waals surface area contributed by atoms with Crippen molar-refractivity contribution in [2.45, 2.75) is 59.4 Å². The fourth-order valence-electron chi connectivity index (χ4n) is 3.67. The molecule has 0 bridgehead atoms. The summed E-state index contributed by atoms with van der Waals surface area (Å²) in [5.74, 6) is 1.96. The molecule has 1 atom stereocenters. The standard InChI is InChI=1S/C25H32N2/c1-4-20(2)14-8-7-13-19-27-21(3)26-24(22-15-9-5-10-16-22)25(27)23-17-11-6-12-18-23/h5-6,9-12,15-18,20H,4,7-8,13-14,19H2,1-3H3. The first kappa shape index (κ1) is 19.4. The van der Waals surface area contributed by atoms with E-state index in [9.17, 15) is 0 Å². The Morgan fingerprint density at radius 3 is 2.11 bits per heavy atom. The molecule has 0 aliphatic heterocycles. The largest absolute Gasteiger partial charge is 0.328 e. The smallest absolute Gasteiger partial charge is 0.106 e. The Morgan fingerprint density at radius 1 is 0.852 bits per heavy atom. The summed E-state index contributed by atoms with van der Waals surface area (Å²) in [6, 6.07) is 21.3. The van der Waals surface area contributed by atoms with Crippen LogP contribution in [0.2, 0.25) is 0 Å². The normalized spacial score (nSPS) is 12.3. The van der Waals surface area contributed by atoms with E-state index in [1.807, 2.05) is 0 Å². The second-order valence-corrected chi connectivity index (χ2v) is 7.60. The summed E-state index contributed by atoms with van der Waals surface area (Å²) in [7, 11) is 0. The van der Waals surface area contributed by atoms with Crippen molar-refractivity contribution in [1.82, 2.24) is 9.55 Å². The maximum atomic E-state index is 4.96. The average Bonchev–Trinajstić information content (AvgIpc) is 3.05. The van der Waals surface area contributed by atoms with Crippen molar-refractivity contribution in [2.75, 3.05) is 0 Å². The Labute approximate surface area is 164 Å². The number of rotatable bonds is 9. The Bertz CT molecular complexity index is 818. The van der Waals surface area contributed by atoms with Crippen LogP contribution in [0.15, 0.2) is 60.7 Å². The lowest BCUT2D eigenvalue weighted by molar-refractivity contribution is 0.467. The van der Waals surface area contributed by atoms with Crippen molar-refractivity contribution in [3.63, 3.8) is 0 Å². The van der Waals surface area contributed by atoms with Gasteiger partial charge in [0.2, 0.25) is 0 Å². The first-order chi connectivity index (χ1) is 13.2. The van der Waals surface area contributed by atoms with Gasteiger partial charge >= 0.3 is 0 Å². The van der Waals surface area contributed by atoms with Gasteiger partial charge in [0.1, 0.15) is 5.82 Å². The van der Waals surface area contributed by atoms with Crippen molar-refractivity contribution < 1.29 is 0 Å². The third-order valence-electron chi connectivity index (χ3n) is 5.53. The van der Waals surface area contributed by atoms with Crippen LogP contribution in [0.1, 0.15) is 51.8 Å². The summed E-state index contributed by atoms with van der Waals surface area (Å²) < 4.78 is 2.42. The van der Waals surface area contributed by atoms with Crippen LogP contribution in [0.25, 0.3) is 22.5 Å². The van der Waals surface area contributed by atoms with E-state index in [-0.39, 0.29) is 0 Å². The molecule has 0 fully saturated rings.